The monoisotopic (exact) mass is 451 g/mol. The molecule has 2 N–H and O–H groups in total. The Hall–Kier alpha value is -3.25. The normalized spacial score (nSPS) is 13.6. The molecule has 0 saturated heterocycles. The van der Waals surface area contributed by atoms with Crippen molar-refractivity contribution in [3.63, 3.8) is 0 Å². The van der Waals surface area contributed by atoms with Gasteiger partial charge in [-0.25, -0.2) is 16.8 Å². The fraction of sp³-hybridized carbons (Fsp3) is 0.167. The number of hydrogen-bond acceptors (Lipinski definition) is 8. The second kappa shape index (κ2) is 7.54. The van der Waals surface area contributed by atoms with Gasteiger partial charge in [-0.1, -0.05) is 5.16 Å². The topological polar surface area (TPSA) is 137 Å². The van der Waals surface area contributed by atoms with Crippen molar-refractivity contribution in [2.24, 2.45) is 0 Å². The predicted octanol–water partition coefficient (Wildman–Crippen LogP) is 2.36. The van der Waals surface area contributed by atoms with Crippen molar-refractivity contribution in [1.29, 1.82) is 0 Å². The summed E-state index contributed by atoms with van der Waals surface area (Å²) in [5.74, 6) is 1.33. The molecule has 1 aromatic heterocycles. The highest BCUT2D eigenvalue weighted by molar-refractivity contribution is 7.93. The van der Waals surface area contributed by atoms with Gasteiger partial charge in [0, 0.05) is 17.8 Å². The minimum atomic E-state index is -3.91. The highest BCUT2D eigenvalue weighted by Crippen LogP contribution is 2.32. The van der Waals surface area contributed by atoms with Crippen LogP contribution in [0.5, 0.6) is 11.5 Å². The van der Waals surface area contributed by atoms with Gasteiger partial charge in [0.05, 0.1) is 9.79 Å². The Balaban J connectivity index is 1.51. The molecule has 10 nitrogen and oxygen atoms in total. The lowest BCUT2D eigenvalue weighted by atomic mass is 10.3. The lowest BCUT2D eigenvalue weighted by Gasteiger charge is -2.19. The minimum absolute atomic E-state index is 0.00785. The minimum Gasteiger partial charge on any atom is -0.486 e. The molecule has 30 heavy (non-hydrogen) atoms. The Morgan fingerprint density at radius 3 is 2.10 bits per heavy atom. The number of nitrogens with zero attached hydrogens (tertiary/aromatic N) is 1. The molecule has 3 aromatic rings. The van der Waals surface area contributed by atoms with Crippen LogP contribution >= 0.6 is 0 Å². The highest BCUT2D eigenvalue weighted by atomic mass is 32.2. The van der Waals surface area contributed by atoms with Crippen molar-refractivity contribution in [2.45, 2.75) is 16.7 Å². The zero-order valence-corrected chi connectivity index (χ0v) is 17.3. The van der Waals surface area contributed by atoms with Gasteiger partial charge in [0.15, 0.2) is 17.3 Å². The molecular formula is C18H17N3O7S2. The smallest absolute Gasteiger partial charge is 0.263 e. The van der Waals surface area contributed by atoms with Crippen molar-refractivity contribution in [1.82, 2.24) is 5.16 Å². The molecule has 0 spiro atoms. The number of rotatable bonds is 6. The molecule has 0 unspecified atom stereocenters. The van der Waals surface area contributed by atoms with Crippen LogP contribution < -0.4 is 18.9 Å². The summed E-state index contributed by atoms with van der Waals surface area (Å²) in [6.45, 7) is 2.37. The van der Waals surface area contributed by atoms with Crippen LogP contribution in [0.4, 0.5) is 11.5 Å². The average molecular weight is 451 g/mol. The summed E-state index contributed by atoms with van der Waals surface area (Å²) in [6, 6.07) is 11.0. The number of fused-ring (bicyclic) bond motifs is 1. The van der Waals surface area contributed by atoms with E-state index >= 15 is 0 Å². The average Bonchev–Trinajstić information content (AvgIpc) is 3.11. The van der Waals surface area contributed by atoms with Gasteiger partial charge in [0.25, 0.3) is 20.0 Å². The van der Waals surface area contributed by atoms with Crippen molar-refractivity contribution < 1.29 is 30.8 Å². The number of sulfonamides is 2. The first-order valence-corrected chi connectivity index (χ1v) is 11.7. The van der Waals surface area contributed by atoms with E-state index in [0.29, 0.717) is 30.5 Å². The van der Waals surface area contributed by atoms with Crippen molar-refractivity contribution in [2.75, 3.05) is 22.7 Å². The summed E-state index contributed by atoms with van der Waals surface area (Å²) in [7, 11) is -7.82. The molecule has 0 amide bonds. The number of benzene rings is 2. The zero-order valence-electron chi connectivity index (χ0n) is 15.7. The third-order valence-corrected chi connectivity index (χ3v) is 6.86. The van der Waals surface area contributed by atoms with E-state index in [9.17, 15) is 16.8 Å². The molecule has 1 aliphatic rings. The Morgan fingerprint density at radius 1 is 0.800 bits per heavy atom. The van der Waals surface area contributed by atoms with Crippen molar-refractivity contribution in [3.8, 4) is 11.5 Å². The van der Waals surface area contributed by atoms with Gasteiger partial charge in [-0.05, 0) is 43.3 Å². The molecule has 1 aliphatic heterocycles. The fourth-order valence-corrected chi connectivity index (χ4v) is 4.78. The van der Waals surface area contributed by atoms with Gasteiger partial charge in [0.2, 0.25) is 0 Å². The Labute approximate surface area is 172 Å². The molecule has 158 valence electrons. The molecule has 0 radical (unpaired) electrons. The Morgan fingerprint density at radius 2 is 1.43 bits per heavy atom. The summed E-state index contributed by atoms with van der Waals surface area (Å²) in [5, 5.41) is 3.58. The second-order valence-electron chi connectivity index (χ2n) is 6.36. The second-order valence-corrected chi connectivity index (χ2v) is 9.73. The molecule has 0 fully saturated rings. The van der Waals surface area contributed by atoms with Gasteiger partial charge in [-0.3, -0.25) is 9.44 Å². The first kappa shape index (κ1) is 20.0. The maximum atomic E-state index is 12.7. The van der Waals surface area contributed by atoms with E-state index in [1.165, 1.54) is 48.5 Å². The molecule has 2 heterocycles. The Bertz CT molecular complexity index is 1280. The number of nitrogens with one attached hydrogen (secondary N) is 2. The first-order valence-electron chi connectivity index (χ1n) is 8.72. The van der Waals surface area contributed by atoms with Crippen LogP contribution in [0, 0.1) is 6.92 Å². The lowest BCUT2D eigenvalue weighted by Crippen LogP contribution is -2.17. The summed E-state index contributed by atoms with van der Waals surface area (Å²) in [4.78, 5) is -0.0723. The Kier molecular flexibility index (Phi) is 5.03. The summed E-state index contributed by atoms with van der Waals surface area (Å²) < 4.78 is 70.4. The molecule has 0 saturated carbocycles. The summed E-state index contributed by atoms with van der Waals surface area (Å²) in [5.41, 5.74) is 0.195. The van der Waals surface area contributed by atoms with E-state index in [2.05, 4.69) is 14.6 Å². The van der Waals surface area contributed by atoms with E-state index < -0.39 is 20.0 Å². The summed E-state index contributed by atoms with van der Waals surface area (Å²) in [6.07, 6.45) is 0. The van der Waals surface area contributed by atoms with E-state index in [-0.39, 0.29) is 21.3 Å². The van der Waals surface area contributed by atoms with Gasteiger partial charge < -0.3 is 14.0 Å². The van der Waals surface area contributed by atoms with Crippen molar-refractivity contribution in [3.05, 3.63) is 54.3 Å². The van der Waals surface area contributed by atoms with Crippen LogP contribution in [-0.2, 0) is 20.0 Å². The molecule has 4 rings (SSSR count). The zero-order chi connectivity index (χ0) is 21.4. The predicted molar refractivity (Wildman–Crippen MR) is 107 cm³/mol. The van der Waals surface area contributed by atoms with Gasteiger partial charge in [-0.15, -0.1) is 0 Å². The molecular weight excluding hydrogens is 434 g/mol. The van der Waals surface area contributed by atoms with E-state index in [1.54, 1.807) is 6.92 Å². The number of ether oxygens (including phenoxy) is 2. The highest BCUT2D eigenvalue weighted by Gasteiger charge is 2.21. The van der Waals surface area contributed by atoms with Gasteiger partial charge in [-0.2, -0.15) is 0 Å². The number of hydrogen-bond donors (Lipinski definition) is 2. The lowest BCUT2D eigenvalue weighted by molar-refractivity contribution is 0.171. The van der Waals surface area contributed by atoms with Gasteiger partial charge in [0.1, 0.15) is 19.0 Å². The largest absolute Gasteiger partial charge is 0.486 e. The third-order valence-electron chi connectivity index (χ3n) is 4.11. The van der Waals surface area contributed by atoms with Crippen molar-refractivity contribution >= 4 is 31.6 Å². The third kappa shape index (κ3) is 4.19. The van der Waals surface area contributed by atoms with Crippen LogP contribution in [0.25, 0.3) is 0 Å². The number of aryl methyl sites for hydroxylation is 1. The quantitative estimate of drug-likeness (QED) is 0.583. The van der Waals surface area contributed by atoms with Crippen LogP contribution in [0.15, 0.2) is 62.8 Å². The number of aromatic nitrogens is 1. The SMILES string of the molecule is Cc1cc(NS(=O)(=O)c2ccc(NS(=O)(=O)c3ccc4c(c3)OCCO4)cc2)no1. The van der Waals surface area contributed by atoms with Crippen LogP contribution in [-0.4, -0.2) is 35.2 Å². The molecule has 12 heteroatoms. The molecule has 0 atom stereocenters. The maximum absolute atomic E-state index is 12.7. The summed E-state index contributed by atoms with van der Waals surface area (Å²) >= 11 is 0. The van der Waals surface area contributed by atoms with Crippen LogP contribution in [0.1, 0.15) is 5.76 Å². The van der Waals surface area contributed by atoms with Gasteiger partial charge >= 0.3 is 0 Å². The standard InChI is InChI=1S/C18H17N3O7S2/c1-12-10-18(19-28-12)21-29(22,23)14-4-2-13(3-5-14)20-30(24,25)15-6-7-16-17(11-15)27-9-8-26-16/h2-7,10-11,20H,8-9H2,1H3,(H,19,21). The number of anilines is 2. The van der Waals surface area contributed by atoms with E-state index in [0.717, 1.165) is 0 Å². The maximum Gasteiger partial charge on any atom is 0.263 e. The fourth-order valence-electron chi connectivity index (χ4n) is 2.72. The van der Waals surface area contributed by atoms with Crippen LogP contribution in [0.2, 0.25) is 0 Å². The molecule has 0 bridgehead atoms. The van der Waals surface area contributed by atoms with E-state index in [1.807, 2.05) is 0 Å². The molecule has 0 aliphatic carbocycles. The molecule has 2 aromatic carbocycles. The van der Waals surface area contributed by atoms with E-state index in [4.69, 9.17) is 14.0 Å². The van der Waals surface area contributed by atoms with Crippen LogP contribution in [0.3, 0.4) is 0 Å². The first-order chi connectivity index (χ1) is 14.2.